The zero-order valence-corrected chi connectivity index (χ0v) is 16.8. The second-order valence-electron chi connectivity index (χ2n) is 9.20. The van der Waals surface area contributed by atoms with Crippen LogP contribution in [0.1, 0.15) is 59.3 Å². The smallest absolute Gasteiger partial charge is 0.407 e. The molecular weight excluding hydrogens is 330 g/mol. The van der Waals surface area contributed by atoms with E-state index < -0.39 is 6.09 Å². The second-order valence-corrected chi connectivity index (χ2v) is 9.20. The van der Waals surface area contributed by atoms with Crippen LogP contribution in [0.5, 0.6) is 0 Å². The zero-order chi connectivity index (χ0) is 18.7. The molecule has 2 heterocycles. The standard InChI is InChI=1S/C20H37N3O3/c1-20(2,3)23(19(24)25)18-6-4-16(5-7-18)21-10-12-22(13-11-21)17-8-14-26-15-9-17/h16-18H,4-15H2,1-3H3,(H,24,25)/t16-,18-. The Morgan fingerprint density at radius 3 is 1.77 bits per heavy atom. The molecule has 0 aromatic heterocycles. The summed E-state index contributed by atoms with van der Waals surface area (Å²) < 4.78 is 5.49. The number of amides is 1. The largest absolute Gasteiger partial charge is 0.465 e. The summed E-state index contributed by atoms with van der Waals surface area (Å²) in [5.74, 6) is 0. The first-order valence-corrected chi connectivity index (χ1v) is 10.4. The van der Waals surface area contributed by atoms with E-state index in [1.165, 1.54) is 25.9 Å². The van der Waals surface area contributed by atoms with Crippen molar-refractivity contribution < 1.29 is 14.6 Å². The highest BCUT2D eigenvalue weighted by atomic mass is 16.5. The maximum atomic E-state index is 11.7. The highest BCUT2D eigenvalue weighted by Gasteiger charge is 2.37. The molecule has 0 aromatic carbocycles. The topological polar surface area (TPSA) is 56.3 Å². The minimum absolute atomic E-state index is 0.173. The summed E-state index contributed by atoms with van der Waals surface area (Å²) in [6.07, 6.45) is 5.84. The predicted molar refractivity (Wildman–Crippen MR) is 103 cm³/mol. The van der Waals surface area contributed by atoms with E-state index in [0.717, 1.165) is 58.0 Å². The predicted octanol–water partition coefficient (Wildman–Crippen LogP) is 2.87. The van der Waals surface area contributed by atoms with Gasteiger partial charge in [-0.05, 0) is 59.3 Å². The fourth-order valence-electron chi connectivity index (χ4n) is 5.19. The van der Waals surface area contributed by atoms with Gasteiger partial charge in [0.05, 0.1) is 0 Å². The van der Waals surface area contributed by atoms with Gasteiger partial charge in [-0.25, -0.2) is 4.79 Å². The molecule has 2 saturated heterocycles. The third-order valence-electron chi connectivity index (χ3n) is 6.53. The molecule has 0 atom stereocenters. The molecule has 0 aromatic rings. The Bertz CT molecular complexity index is 457. The van der Waals surface area contributed by atoms with Gasteiger partial charge in [0.15, 0.2) is 0 Å². The Labute approximate surface area is 158 Å². The Hall–Kier alpha value is -0.850. The van der Waals surface area contributed by atoms with Crippen LogP contribution in [-0.2, 0) is 4.74 Å². The number of hydrogen-bond donors (Lipinski definition) is 1. The molecule has 3 fully saturated rings. The molecular formula is C20H37N3O3. The van der Waals surface area contributed by atoms with E-state index in [1.54, 1.807) is 4.90 Å². The summed E-state index contributed by atoms with van der Waals surface area (Å²) in [7, 11) is 0. The van der Waals surface area contributed by atoms with Crippen LogP contribution in [0.25, 0.3) is 0 Å². The van der Waals surface area contributed by atoms with Crippen molar-refractivity contribution in [3.8, 4) is 0 Å². The summed E-state index contributed by atoms with van der Waals surface area (Å²) in [6.45, 7) is 12.5. The maximum absolute atomic E-state index is 11.7. The van der Waals surface area contributed by atoms with E-state index >= 15 is 0 Å². The number of piperazine rings is 1. The highest BCUT2D eigenvalue weighted by Crippen LogP contribution is 2.31. The van der Waals surface area contributed by atoms with Gasteiger partial charge in [-0.15, -0.1) is 0 Å². The number of rotatable bonds is 3. The minimum atomic E-state index is -0.772. The first-order valence-electron chi connectivity index (χ1n) is 10.4. The van der Waals surface area contributed by atoms with Crippen LogP contribution in [-0.4, -0.2) is 89.0 Å². The van der Waals surface area contributed by atoms with Crippen molar-refractivity contribution in [3.05, 3.63) is 0 Å². The van der Waals surface area contributed by atoms with Gasteiger partial charge < -0.3 is 14.7 Å². The average molecular weight is 368 g/mol. The van der Waals surface area contributed by atoms with Crippen molar-refractivity contribution in [1.29, 1.82) is 0 Å². The quantitative estimate of drug-likeness (QED) is 0.831. The van der Waals surface area contributed by atoms with Crippen molar-refractivity contribution in [2.45, 2.75) is 83.0 Å². The number of carbonyl (C=O) groups is 1. The van der Waals surface area contributed by atoms with Crippen LogP contribution in [0, 0.1) is 0 Å². The lowest BCUT2D eigenvalue weighted by atomic mass is 9.87. The van der Waals surface area contributed by atoms with E-state index in [0.29, 0.717) is 6.04 Å². The summed E-state index contributed by atoms with van der Waals surface area (Å²) in [5, 5.41) is 9.63. The second kappa shape index (κ2) is 8.44. The summed E-state index contributed by atoms with van der Waals surface area (Å²) in [5.41, 5.74) is -0.321. The van der Waals surface area contributed by atoms with Gasteiger partial charge in [0, 0.05) is 63.1 Å². The molecule has 0 bridgehead atoms. The molecule has 3 aliphatic rings. The Balaban J connectivity index is 1.46. The fourth-order valence-corrected chi connectivity index (χ4v) is 5.19. The molecule has 26 heavy (non-hydrogen) atoms. The van der Waals surface area contributed by atoms with Gasteiger partial charge in [0.2, 0.25) is 0 Å². The van der Waals surface area contributed by atoms with Gasteiger partial charge >= 0.3 is 6.09 Å². The van der Waals surface area contributed by atoms with Gasteiger partial charge in [0.1, 0.15) is 0 Å². The van der Waals surface area contributed by atoms with Crippen LogP contribution in [0.15, 0.2) is 0 Å². The van der Waals surface area contributed by atoms with E-state index in [-0.39, 0.29) is 11.6 Å². The van der Waals surface area contributed by atoms with Crippen LogP contribution in [0.2, 0.25) is 0 Å². The summed E-state index contributed by atoms with van der Waals surface area (Å²) in [4.78, 5) is 18.7. The summed E-state index contributed by atoms with van der Waals surface area (Å²) >= 11 is 0. The lowest BCUT2D eigenvalue weighted by Crippen LogP contribution is -2.56. The van der Waals surface area contributed by atoms with Crippen LogP contribution in [0.3, 0.4) is 0 Å². The number of nitrogens with zero attached hydrogens (tertiary/aromatic N) is 3. The normalized spacial score (nSPS) is 30.3. The van der Waals surface area contributed by atoms with Gasteiger partial charge in [-0.1, -0.05) is 0 Å². The van der Waals surface area contributed by atoms with Gasteiger partial charge in [-0.3, -0.25) is 9.80 Å². The Morgan fingerprint density at radius 2 is 1.35 bits per heavy atom. The van der Waals surface area contributed by atoms with Crippen molar-refractivity contribution in [3.63, 3.8) is 0 Å². The van der Waals surface area contributed by atoms with E-state index in [1.807, 2.05) is 20.8 Å². The molecule has 1 aliphatic carbocycles. The molecule has 1 N–H and O–H groups in total. The third-order valence-corrected chi connectivity index (χ3v) is 6.53. The fraction of sp³-hybridized carbons (Fsp3) is 0.950. The first kappa shape index (κ1) is 19.9. The number of ether oxygens (including phenoxy) is 1. The van der Waals surface area contributed by atoms with Crippen LogP contribution in [0.4, 0.5) is 4.79 Å². The average Bonchev–Trinajstić information content (AvgIpc) is 2.62. The lowest BCUT2D eigenvalue weighted by molar-refractivity contribution is -0.00384. The summed E-state index contributed by atoms with van der Waals surface area (Å²) in [6, 6.07) is 1.53. The molecule has 0 spiro atoms. The van der Waals surface area contributed by atoms with Gasteiger partial charge in [0.25, 0.3) is 0 Å². The molecule has 150 valence electrons. The molecule has 0 unspecified atom stereocenters. The van der Waals surface area contributed by atoms with Crippen LogP contribution >= 0.6 is 0 Å². The monoisotopic (exact) mass is 367 g/mol. The van der Waals surface area contributed by atoms with Gasteiger partial charge in [-0.2, -0.15) is 0 Å². The number of hydrogen-bond acceptors (Lipinski definition) is 4. The molecule has 6 nitrogen and oxygen atoms in total. The Morgan fingerprint density at radius 1 is 0.885 bits per heavy atom. The van der Waals surface area contributed by atoms with E-state index in [4.69, 9.17) is 4.74 Å². The highest BCUT2D eigenvalue weighted by molar-refractivity contribution is 5.66. The minimum Gasteiger partial charge on any atom is -0.465 e. The van der Waals surface area contributed by atoms with Crippen molar-refractivity contribution in [2.24, 2.45) is 0 Å². The van der Waals surface area contributed by atoms with Crippen molar-refractivity contribution in [1.82, 2.24) is 14.7 Å². The molecule has 1 amide bonds. The molecule has 0 radical (unpaired) electrons. The zero-order valence-electron chi connectivity index (χ0n) is 16.8. The van der Waals surface area contributed by atoms with E-state index in [2.05, 4.69) is 9.80 Å². The molecule has 3 rings (SSSR count). The maximum Gasteiger partial charge on any atom is 0.407 e. The van der Waals surface area contributed by atoms with Crippen molar-refractivity contribution in [2.75, 3.05) is 39.4 Å². The van der Waals surface area contributed by atoms with E-state index in [9.17, 15) is 9.90 Å². The molecule has 1 saturated carbocycles. The third kappa shape index (κ3) is 4.70. The first-order chi connectivity index (χ1) is 12.4. The SMILES string of the molecule is CC(C)(C)N(C(=O)O)[C@H]1CC[C@H](N2CCN(C3CCOCC3)CC2)CC1. The van der Waals surface area contributed by atoms with Crippen LogP contribution < -0.4 is 0 Å². The number of carboxylic acid groups (broad SMARTS) is 1. The molecule has 6 heteroatoms. The molecule has 2 aliphatic heterocycles. The Kier molecular flexibility index (Phi) is 6.46. The lowest BCUT2D eigenvalue weighted by Gasteiger charge is -2.47. The van der Waals surface area contributed by atoms with Crippen molar-refractivity contribution >= 4 is 6.09 Å².